The molecule has 0 aliphatic heterocycles. The fourth-order valence-corrected chi connectivity index (χ4v) is 3.80. The lowest BCUT2D eigenvalue weighted by atomic mass is 10.1. The van der Waals surface area contributed by atoms with Crippen LogP contribution in [0.15, 0.2) is 48.5 Å². The molecule has 0 atom stereocenters. The van der Waals surface area contributed by atoms with Crippen LogP contribution in [-0.2, 0) is 11.3 Å². The molecule has 3 rings (SSSR count). The van der Waals surface area contributed by atoms with Crippen molar-refractivity contribution in [3.05, 3.63) is 69.6 Å². The Balaban J connectivity index is 1.55. The van der Waals surface area contributed by atoms with Gasteiger partial charge in [0.25, 0.3) is 5.91 Å². The number of aryl methyl sites for hydroxylation is 1. The molecule has 1 heterocycles. The summed E-state index contributed by atoms with van der Waals surface area (Å²) in [6, 6.07) is 15.5. The first-order chi connectivity index (χ1) is 12.0. The molecule has 2 N–H and O–H groups in total. The molecule has 6 heteroatoms. The first-order valence-corrected chi connectivity index (χ1v) is 9.01. The number of amides is 2. The summed E-state index contributed by atoms with van der Waals surface area (Å²) in [4.78, 5) is 24.6. The third-order valence-electron chi connectivity index (χ3n) is 3.76. The van der Waals surface area contributed by atoms with E-state index in [0.29, 0.717) is 16.4 Å². The number of halogens is 1. The minimum Gasteiger partial charge on any atom is -0.350 e. The summed E-state index contributed by atoms with van der Waals surface area (Å²) in [7, 11) is 0. The quantitative estimate of drug-likeness (QED) is 0.713. The molecule has 0 aliphatic rings. The first kappa shape index (κ1) is 17.5. The molecule has 25 heavy (non-hydrogen) atoms. The van der Waals surface area contributed by atoms with Gasteiger partial charge in [-0.3, -0.25) is 9.59 Å². The van der Waals surface area contributed by atoms with Crippen LogP contribution in [0.1, 0.15) is 20.8 Å². The highest BCUT2D eigenvalue weighted by molar-refractivity contribution is 7.21. The molecule has 0 aliphatic carbocycles. The number of hydrogen-bond donors (Lipinski definition) is 2. The second-order valence-electron chi connectivity index (χ2n) is 5.69. The molecule has 0 radical (unpaired) electrons. The van der Waals surface area contributed by atoms with Crippen LogP contribution < -0.4 is 10.6 Å². The van der Waals surface area contributed by atoms with Gasteiger partial charge in [0, 0.05) is 16.6 Å². The van der Waals surface area contributed by atoms with Gasteiger partial charge in [0.1, 0.15) is 4.88 Å². The monoisotopic (exact) mass is 372 g/mol. The SMILES string of the molecule is Cc1ccc(CNC(=O)CNC(=O)c2sc3ccccc3c2Cl)cc1. The van der Waals surface area contributed by atoms with E-state index >= 15 is 0 Å². The van der Waals surface area contributed by atoms with Crippen LogP contribution in [0.2, 0.25) is 5.02 Å². The molecule has 0 saturated carbocycles. The molecule has 0 spiro atoms. The average molecular weight is 373 g/mol. The highest BCUT2D eigenvalue weighted by Gasteiger charge is 2.17. The Morgan fingerprint density at radius 1 is 1.04 bits per heavy atom. The molecular formula is C19H17ClN2O2S. The van der Waals surface area contributed by atoms with E-state index in [-0.39, 0.29) is 18.4 Å². The predicted octanol–water partition coefficient (Wildman–Crippen LogP) is 3.91. The normalized spacial score (nSPS) is 10.6. The summed E-state index contributed by atoms with van der Waals surface area (Å²) >= 11 is 7.59. The van der Waals surface area contributed by atoms with Gasteiger partial charge in [-0.25, -0.2) is 0 Å². The summed E-state index contributed by atoms with van der Waals surface area (Å²) < 4.78 is 0.946. The van der Waals surface area contributed by atoms with Crippen molar-refractivity contribution in [1.29, 1.82) is 0 Å². The highest BCUT2D eigenvalue weighted by atomic mass is 35.5. The molecule has 0 unspecified atom stereocenters. The Bertz CT molecular complexity index is 919. The van der Waals surface area contributed by atoms with E-state index in [4.69, 9.17) is 11.6 Å². The van der Waals surface area contributed by atoms with Crippen molar-refractivity contribution in [3.63, 3.8) is 0 Å². The third-order valence-corrected chi connectivity index (χ3v) is 5.44. The zero-order valence-corrected chi connectivity index (χ0v) is 15.2. The van der Waals surface area contributed by atoms with Crippen molar-refractivity contribution < 1.29 is 9.59 Å². The lowest BCUT2D eigenvalue weighted by Gasteiger charge is -2.07. The first-order valence-electron chi connectivity index (χ1n) is 7.82. The maximum Gasteiger partial charge on any atom is 0.263 e. The van der Waals surface area contributed by atoms with Gasteiger partial charge < -0.3 is 10.6 Å². The number of nitrogens with one attached hydrogen (secondary N) is 2. The molecule has 1 aromatic heterocycles. The predicted molar refractivity (Wildman–Crippen MR) is 102 cm³/mol. The van der Waals surface area contributed by atoms with Crippen LogP contribution in [0, 0.1) is 6.92 Å². The van der Waals surface area contributed by atoms with E-state index in [1.54, 1.807) is 0 Å². The molecular weight excluding hydrogens is 356 g/mol. The number of rotatable bonds is 5. The maximum absolute atomic E-state index is 12.3. The number of thiophene rings is 1. The zero-order chi connectivity index (χ0) is 17.8. The number of hydrogen-bond acceptors (Lipinski definition) is 3. The highest BCUT2D eigenvalue weighted by Crippen LogP contribution is 2.34. The molecule has 0 saturated heterocycles. The number of benzene rings is 2. The fraction of sp³-hybridized carbons (Fsp3) is 0.158. The largest absolute Gasteiger partial charge is 0.350 e. The van der Waals surface area contributed by atoms with Gasteiger partial charge in [0.2, 0.25) is 5.91 Å². The van der Waals surface area contributed by atoms with Crippen LogP contribution in [-0.4, -0.2) is 18.4 Å². The molecule has 0 bridgehead atoms. The summed E-state index contributed by atoms with van der Waals surface area (Å²) in [6.07, 6.45) is 0. The minimum absolute atomic E-state index is 0.0880. The van der Waals surface area contributed by atoms with Crippen molar-refractivity contribution in [3.8, 4) is 0 Å². The lowest BCUT2D eigenvalue weighted by Crippen LogP contribution is -2.36. The van der Waals surface area contributed by atoms with Crippen molar-refractivity contribution >= 4 is 44.8 Å². The Morgan fingerprint density at radius 2 is 1.76 bits per heavy atom. The average Bonchev–Trinajstić information content (AvgIpc) is 2.96. The minimum atomic E-state index is -0.336. The molecule has 0 fully saturated rings. The van der Waals surface area contributed by atoms with Gasteiger partial charge in [-0.1, -0.05) is 59.6 Å². The van der Waals surface area contributed by atoms with E-state index in [1.165, 1.54) is 16.9 Å². The number of carbonyl (C=O) groups excluding carboxylic acids is 2. The third kappa shape index (κ3) is 4.18. The van der Waals surface area contributed by atoms with Crippen molar-refractivity contribution in [2.24, 2.45) is 0 Å². The van der Waals surface area contributed by atoms with Gasteiger partial charge in [0.05, 0.1) is 11.6 Å². The second kappa shape index (κ2) is 7.68. The van der Waals surface area contributed by atoms with Crippen LogP contribution in [0.4, 0.5) is 0 Å². The Labute approximate surface area is 154 Å². The zero-order valence-electron chi connectivity index (χ0n) is 13.6. The van der Waals surface area contributed by atoms with Crippen LogP contribution in [0.5, 0.6) is 0 Å². The number of fused-ring (bicyclic) bond motifs is 1. The smallest absolute Gasteiger partial charge is 0.263 e. The van der Waals surface area contributed by atoms with Crippen molar-refractivity contribution in [1.82, 2.24) is 10.6 Å². The summed E-state index contributed by atoms with van der Waals surface area (Å²) in [5.74, 6) is -0.581. The molecule has 128 valence electrons. The number of carbonyl (C=O) groups is 2. The maximum atomic E-state index is 12.3. The van der Waals surface area contributed by atoms with Crippen LogP contribution in [0.3, 0.4) is 0 Å². The summed E-state index contributed by atoms with van der Waals surface area (Å²) in [6.45, 7) is 2.35. The molecule has 2 aromatic carbocycles. The fourth-order valence-electron chi connectivity index (χ4n) is 2.37. The molecule has 4 nitrogen and oxygen atoms in total. The van der Waals surface area contributed by atoms with Gasteiger partial charge in [0.15, 0.2) is 0 Å². The Hall–Kier alpha value is -2.37. The van der Waals surface area contributed by atoms with Crippen LogP contribution in [0.25, 0.3) is 10.1 Å². The Kier molecular flexibility index (Phi) is 5.36. The summed E-state index contributed by atoms with van der Waals surface area (Å²) in [5.41, 5.74) is 2.18. The lowest BCUT2D eigenvalue weighted by molar-refractivity contribution is -0.120. The van der Waals surface area contributed by atoms with Gasteiger partial charge in [-0.05, 0) is 18.6 Å². The molecule has 2 amide bonds. The molecule has 3 aromatic rings. The van der Waals surface area contributed by atoms with E-state index in [9.17, 15) is 9.59 Å². The Morgan fingerprint density at radius 3 is 2.48 bits per heavy atom. The van der Waals surface area contributed by atoms with E-state index < -0.39 is 0 Å². The topological polar surface area (TPSA) is 58.2 Å². The van der Waals surface area contributed by atoms with Gasteiger partial charge in [-0.15, -0.1) is 11.3 Å². The summed E-state index contributed by atoms with van der Waals surface area (Å²) in [5, 5.41) is 6.68. The van der Waals surface area contributed by atoms with E-state index in [1.807, 2.05) is 55.5 Å². The van der Waals surface area contributed by atoms with Crippen molar-refractivity contribution in [2.45, 2.75) is 13.5 Å². The van der Waals surface area contributed by atoms with Gasteiger partial charge in [-0.2, -0.15) is 0 Å². The van der Waals surface area contributed by atoms with Gasteiger partial charge >= 0.3 is 0 Å². The van der Waals surface area contributed by atoms with E-state index in [2.05, 4.69) is 10.6 Å². The van der Waals surface area contributed by atoms with Crippen LogP contribution >= 0.6 is 22.9 Å². The van der Waals surface area contributed by atoms with Crippen molar-refractivity contribution in [2.75, 3.05) is 6.54 Å². The standard InChI is InChI=1S/C19H17ClN2O2S/c1-12-6-8-13(9-7-12)10-21-16(23)11-22-19(24)18-17(20)14-4-2-3-5-15(14)25-18/h2-9H,10-11H2,1H3,(H,21,23)(H,22,24). The van der Waals surface area contributed by atoms with E-state index in [0.717, 1.165) is 15.6 Å². The second-order valence-corrected chi connectivity index (χ2v) is 7.12.